The number of H-pyrrole nitrogens is 1. The zero-order chi connectivity index (χ0) is 20.6. The Kier molecular flexibility index (Phi) is 5.21. The molecule has 1 saturated heterocycles. The maximum absolute atomic E-state index is 13.6. The highest BCUT2D eigenvalue weighted by atomic mass is 32.2. The molecule has 2 aromatic carbocycles. The highest BCUT2D eigenvalue weighted by Gasteiger charge is 2.31. The highest BCUT2D eigenvalue weighted by molar-refractivity contribution is 7.91. The number of sulfone groups is 1. The summed E-state index contributed by atoms with van der Waals surface area (Å²) in [7, 11) is -2.05. The van der Waals surface area contributed by atoms with Crippen molar-refractivity contribution < 1.29 is 18.1 Å². The number of anilines is 1. The van der Waals surface area contributed by atoms with Crippen molar-refractivity contribution in [3.63, 3.8) is 0 Å². The maximum Gasteiger partial charge on any atom is 0.214 e. The van der Waals surface area contributed by atoms with Gasteiger partial charge in [-0.05, 0) is 49.9 Å². The molecule has 5 nitrogen and oxygen atoms in total. The highest BCUT2D eigenvalue weighted by Crippen LogP contribution is 2.38. The summed E-state index contributed by atoms with van der Waals surface area (Å²) < 4.78 is 32.6. The van der Waals surface area contributed by atoms with Crippen LogP contribution in [-0.4, -0.2) is 28.6 Å². The molecule has 2 heterocycles. The van der Waals surface area contributed by atoms with Crippen LogP contribution in [0.3, 0.4) is 0 Å². The first-order valence-electron chi connectivity index (χ1n) is 9.99. The lowest BCUT2D eigenvalue weighted by Crippen LogP contribution is -2.35. The smallest absolute Gasteiger partial charge is 0.214 e. The number of ether oxygens (including phenoxy) is 1. The van der Waals surface area contributed by atoms with E-state index in [0.29, 0.717) is 21.5 Å². The number of piperidine rings is 1. The van der Waals surface area contributed by atoms with E-state index in [1.54, 1.807) is 25.4 Å². The van der Waals surface area contributed by atoms with Gasteiger partial charge in [0.1, 0.15) is 5.75 Å². The van der Waals surface area contributed by atoms with Gasteiger partial charge >= 0.3 is 0 Å². The van der Waals surface area contributed by atoms with Gasteiger partial charge in [-0.2, -0.15) is 0 Å². The lowest BCUT2D eigenvalue weighted by Gasteiger charge is -2.34. The van der Waals surface area contributed by atoms with Crippen LogP contribution < -0.4 is 14.6 Å². The number of nitrogens with zero attached hydrogens (tertiary/aromatic N) is 1. The van der Waals surface area contributed by atoms with Crippen molar-refractivity contribution in [3.8, 4) is 5.75 Å². The molecule has 0 unspecified atom stereocenters. The number of hydrogen-bond acceptors (Lipinski definition) is 4. The number of rotatable bonds is 4. The van der Waals surface area contributed by atoms with Crippen molar-refractivity contribution >= 4 is 26.4 Å². The second-order valence-corrected chi connectivity index (χ2v) is 9.84. The fourth-order valence-electron chi connectivity index (χ4n) is 4.08. The van der Waals surface area contributed by atoms with Gasteiger partial charge in [0.15, 0.2) is 11.1 Å². The molecule has 1 aliphatic heterocycles. The standard InChI is InChI=1S/C23H26N2O3S/c1-16-6-9-19(10-7-16)29(26,27)22-14-24-21-11-8-18(28-3)13-20(21)23(22)25-12-4-5-17(2)15-25/h6-11,13-14,17H,4-5,12,15H2,1-3H3/p+1/t17-/m1/s1. The zero-order valence-electron chi connectivity index (χ0n) is 17.1. The molecule has 0 amide bonds. The van der Waals surface area contributed by atoms with Crippen LogP contribution in [0.2, 0.25) is 0 Å². The van der Waals surface area contributed by atoms with Crippen LogP contribution in [0.4, 0.5) is 5.69 Å². The number of pyridine rings is 1. The van der Waals surface area contributed by atoms with Crippen LogP contribution >= 0.6 is 0 Å². The molecule has 0 radical (unpaired) electrons. The Labute approximate surface area is 172 Å². The Bertz CT molecular complexity index is 1140. The SMILES string of the molecule is COc1ccc2[nH+]cc(S(=O)(=O)c3ccc(C)cc3)c(N3CCC[C@@H](C)C3)c2c1. The van der Waals surface area contributed by atoms with Gasteiger partial charge in [0.25, 0.3) is 0 Å². The molecule has 29 heavy (non-hydrogen) atoms. The summed E-state index contributed by atoms with van der Waals surface area (Å²) >= 11 is 0. The van der Waals surface area contributed by atoms with Crippen molar-refractivity contribution in [2.24, 2.45) is 5.92 Å². The third-order valence-electron chi connectivity index (χ3n) is 5.67. The van der Waals surface area contributed by atoms with Gasteiger partial charge in [0, 0.05) is 19.2 Å². The topological polar surface area (TPSA) is 60.8 Å². The van der Waals surface area contributed by atoms with E-state index >= 15 is 0 Å². The summed E-state index contributed by atoms with van der Waals surface area (Å²) in [4.78, 5) is 6.04. The van der Waals surface area contributed by atoms with E-state index in [4.69, 9.17) is 4.74 Å². The molecule has 4 rings (SSSR count). The molecule has 1 N–H and O–H groups in total. The minimum Gasteiger partial charge on any atom is -0.497 e. The Hall–Kier alpha value is -2.60. The first kappa shape index (κ1) is 19.7. The quantitative estimate of drug-likeness (QED) is 0.650. The Morgan fingerprint density at radius 2 is 1.90 bits per heavy atom. The molecule has 1 fully saturated rings. The summed E-state index contributed by atoms with van der Waals surface area (Å²) in [6.45, 7) is 5.86. The molecule has 3 aromatic rings. The van der Waals surface area contributed by atoms with Gasteiger partial charge in [-0.25, -0.2) is 13.4 Å². The number of fused-ring (bicyclic) bond motifs is 1. The predicted octanol–water partition coefficient (Wildman–Crippen LogP) is 4.04. The number of aryl methyl sites for hydroxylation is 1. The van der Waals surface area contributed by atoms with E-state index in [1.807, 2.05) is 37.3 Å². The summed E-state index contributed by atoms with van der Waals surface area (Å²) in [5, 5.41) is 0.867. The maximum atomic E-state index is 13.6. The van der Waals surface area contributed by atoms with Crippen LogP contribution in [0.5, 0.6) is 5.75 Å². The van der Waals surface area contributed by atoms with Crippen molar-refractivity contribution in [1.82, 2.24) is 0 Å². The Morgan fingerprint density at radius 1 is 1.14 bits per heavy atom. The van der Waals surface area contributed by atoms with Gasteiger partial charge in [-0.3, -0.25) is 0 Å². The number of hydrogen-bond donors (Lipinski definition) is 0. The first-order chi connectivity index (χ1) is 13.9. The fraction of sp³-hybridized carbons (Fsp3) is 0.348. The van der Waals surface area contributed by atoms with E-state index in [0.717, 1.165) is 48.1 Å². The molecular formula is C23H27N2O3S+. The van der Waals surface area contributed by atoms with E-state index in [2.05, 4.69) is 16.8 Å². The molecular weight excluding hydrogens is 384 g/mol. The van der Waals surface area contributed by atoms with Crippen molar-refractivity contribution in [1.29, 1.82) is 0 Å². The molecule has 0 bridgehead atoms. The average Bonchev–Trinajstić information content (AvgIpc) is 2.72. The summed E-state index contributed by atoms with van der Waals surface area (Å²) in [5.74, 6) is 1.23. The summed E-state index contributed by atoms with van der Waals surface area (Å²) in [6, 6.07) is 12.8. The van der Waals surface area contributed by atoms with E-state index < -0.39 is 9.84 Å². The monoisotopic (exact) mass is 411 g/mol. The molecule has 1 aliphatic rings. The van der Waals surface area contributed by atoms with Crippen LogP contribution in [0, 0.1) is 12.8 Å². The molecule has 152 valence electrons. The van der Waals surface area contributed by atoms with Crippen molar-refractivity contribution in [2.75, 3.05) is 25.1 Å². The number of aromatic nitrogens is 1. The van der Waals surface area contributed by atoms with Crippen LogP contribution in [0.1, 0.15) is 25.3 Å². The van der Waals surface area contributed by atoms with Gasteiger partial charge in [-0.15, -0.1) is 0 Å². The van der Waals surface area contributed by atoms with Crippen molar-refractivity contribution in [3.05, 3.63) is 54.2 Å². The van der Waals surface area contributed by atoms with Gasteiger partial charge in [-0.1, -0.05) is 24.6 Å². The molecule has 6 heteroatoms. The zero-order valence-corrected chi connectivity index (χ0v) is 17.9. The van der Waals surface area contributed by atoms with E-state index in [-0.39, 0.29) is 0 Å². The van der Waals surface area contributed by atoms with E-state index in [9.17, 15) is 8.42 Å². The predicted molar refractivity (Wildman–Crippen MR) is 114 cm³/mol. The Balaban J connectivity index is 1.97. The van der Waals surface area contributed by atoms with E-state index in [1.165, 1.54) is 0 Å². The normalized spacial score (nSPS) is 17.5. The number of methoxy groups -OCH3 is 1. The first-order valence-corrected chi connectivity index (χ1v) is 11.5. The third kappa shape index (κ3) is 3.69. The average molecular weight is 412 g/mol. The third-order valence-corrected chi connectivity index (χ3v) is 7.45. The molecule has 1 aromatic heterocycles. The number of nitrogens with one attached hydrogen (secondary N) is 1. The van der Waals surface area contributed by atoms with Crippen molar-refractivity contribution in [2.45, 2.75) is 36.5 Å². The summed E-state index contributed by atoms with van der Waals surface area (Å²) in [6.07, 6.45) is 3.85. The number of benzene rings is 2. The second-order valence-electron chi connectivity index (χ2n) is 7.92. The van der Waals surface area contributed by atoms with Gasteiger partial charge in [0.2, 0.25) is 15.4 Å². The van der Waals surface area contributed by atoms with Gasteiger partial charge in [0.05, 0.1) is 23.1 Å². The van der Waals surface area contributed by atoms with Crippen LogP contribution in [0.25, 0.3) is 10.9 Å². The molecule has 1 atom stereocenters. The lowest BCUT2D eigenvalue weighted by atomic mass is 9.99. The van der Waals surface area contributed by atoms with Crippen LogP contribution in [-0.2, 0) is 9.84 Å². The minimum absolute atomic E-state index is 0.310. The van der Waals surface area contributed by atoms with Crippen LogP contribution in [0.15, 0.2) is 58.5 Å². The summed E-state index contributed by atoms with van der Waals surface area (Å²) in [5.41, 5.74) is 2.69. The lowest BCUT2D eigenvalue weighted by molar-refractivity contribution is -0.347. The minimum atomic E-state index is -3.68. The number of aromatic amines is 1. The fourth-order valence-corrected chi connectivity index (χ4v) is 5.54. The van der Waals surface area contributed by atoms with Gasteiger partial charge < -0.3 is 9.64 Å². The molecule has 0 spiro atoms. The largest absolute Gasteiger partial charge is 0.497 e. The molecule has 0 aliphatic carbocycles. The Morgan fingerprint density at radius 3 is 2.59 bits per heavy atom. The molecule has 0 saturated carbocycles. The second kappa shape index (κ2) is 7.67.